The molecule has 1 fully saturated rings. The van der Waals surface area contributed by atoms with E-state index >= 15 is 0 Å². The topological polar surface area (TPSA) is 106 Å². The lowest BCUT2D eigenvalue weighted by Crippen LogP contribution is -2.49. The normalized spacial score (nSPS) is 24.0. The molecule has 0 aromatic carbocycles. The van der Waals surface area contributed by atoms with Crippen molar-refractivity contribution in [2.75, 3.05) is 13.1 Å². The molecule has 1 amide bonds. The molecule has 1 aromatic rings. The molecule has 2 heterocycles. The van der Waals surface area contributed by atoms with Gasteiger partial charge < -0.3 is 15.0 Å². The summed E-state index contributed by atoms with van der Waals surface area (Å²) in [6.45, 7) is 2.36. The SMILES string of the molecule is CC1(O)CCCN(C(=O)c2cc(=O)[nH]c(=O)[nH]2)C1. The molecule has 1 atom stereocenters. The maximum absolute atomic E-state index is 12.1. The fraction of sp³-hybridized carbons (Fsp3) is 0.545. The van der Waals surface area contributed by atoms with E-state index in [1.54, 1.807) is 6.92 Å². The predicted octanol–water partition coefficient (Wildman–Crippen LogP) is -0.950. The molecule has 1 aromatic heterocycles. The summed E-state index contributed by atoms with van der Waals surface area (Å²) < 4.78 is 0. The van der Waals surface area contributed by atoms with Crippen LogP contribution < -0.4 is 11.2 Å². The number of piperidine rings is 1. The van der Waals surface area contributed by atoms with Crippen LogP contribution >= 0.6 is 0 Å². The van der Waals surface area contributed by atoms with Crippen LogP contribution in [-0.4, -0.2) is 44.6 Å². The van der Waals surface area contributed by atoms with Crippen LogP contribution in [0, 0.1) is 0 Å². The number of carbonyl (C=O) groups is 1. The van der Waals surface area contributed by atoms with Gasteiger partial charge in [-0.25, -0.2) is 4.79 Å². The number of hydrogen-bond acceptors (Lipinski definition) is 4. The van der Waals surface area contributed by atoms with Gasteiger partial charge in [-0.05, 0) is 19.8 Å². The molecule has 2 rings (SSSR count). The number of nitrogens with zero attached hydrogens (tertiary/aromatic N) is 1. The highest BCUT2D eigenvalue weighted by Crippen LogP contribution is 2.21. The minimum Gasteiger partial charge on any atom is -0.388 e. The number of hydrogen-bond donors (Lipinski definition) is 3. The molecule has 1 saturated heterocycles. The maximum atomic E-state index is 12.1. The fourth-order valence-corrected chi connectivity index (χ4v) is 2.15. The zero-order valence-electron chi connectivity index (χ0n) is 10.0. The number of rotatable bonds is 1. The summed E-state index contributed by atoms with van der Waals surface area (Å²) in [7, 11) is 0. The van der Waals surface area contributed by atoms with E-state index in [9.17, 15) is 19.5 Å². The molecular weight excluding hydrogens is 238 g/mol. The van der Waals surface area contributed by atoms with Crippen LogP contribution in [0.3, 0.4) is 0 Å². The standard InChI is InChI=1S/C11H15N3O4/c1-11(18)3-2-4-14(6-11)9(16)7-5-8(15)13-10(17)12-7/h5,18H,2-4,6H2,1H3,(H2,12,13,15,17). The van der Waals surface area contributed by atoms with E-state index in [0.717, 1.165) is 6.07 Å². The average molecular weight is 253 g/mol. The van der Waals surface area contributed by atoms with Gasteiger partial charge >= 0.3 is 5.69 Å². The number of aromatic nitrogens is 2. The van der Waals surface area contributed by atoms with Gasteiger partial charge in [0.2, 0.25) is 0 Å². The first kappa shape index (κ1) is 12.6. The molecule has 1 unspecified atom stereocenters. The molecular formula is C11H15N3O4. The van der Waals surface area contributed by atoms with Crippen LogP contribution in [0.15, 0.2) is 15.7 Å². The third-order valence-corrected chi connectivity index (χ3v) is 2.95. The number of nitrogens with one attached hydrogen (secondary N) is 2. The van der Waals surface area contributed by atoms with Crippen molar-refractivity contribution < 1.29 is 9.90 Å². The predicted molar refractivity (Wildman–Crippen MR) is 63.4 cm³/mol. The zero-order valence-corrected chi connectivity index (χ0v) is 10.0. The molecule has 98 valence electrons. The van der Waals surface area contributed by atoms with E-state index in [1.165, 1.54) is 4.90 Å². The third-order valence-electron chi connectivity index (χ3n) is 2.95. The first-order chi connectivity index (χ1) is 8.37. The van der Waals surface area contributed by atoms with E-state index < -0.39 is 22.8 Å². The molecule has 0 radical (unpaired) electrons. The Bertz CT molecular complexity index is 544. The second-order valence-electron chi connectivity index (χ2n) is 4.83. The first-order valence-electron chi connectivity index (χ1n) is 5.73. The van der Waals surface area contributed by atoms with E-state index in [0.29, 0.717) is 19.4 Å². The summed E-state index contributed by atoms with van der Waals surface area (Å²) in [4.78, 5) is 40.0. The van der Waals surface area contributed by atoms with Crippen molar-refractivity contribution >= 4 is 5.91 Å². The summed E-state index contributed by atoms with van der Waals surface area (Å²) in [6.07, 6.45) is 1.31. The van der Waals surface area contributed by atoms with Crippen molar-refractivity contribution in [3.05, 3.63) is 32.6 Å². The van der Waals surface area contributed by atoms with Crippen molar-refractivity contribution in [3.8, 4) is 0 Å². The lowest BCUT2D eigenvalue weighted by Gasteiger charge is -2.36. The number of aliphatic hydroxyl groups is 1. The Balaban J connectivity index is 2.26. The Labute approximate surface area is 102 Å². The number of β-amino-alcohol motifs (C(OH)–C–C–N with tert-alkyl or cyclic N) is 1. The summed E-state index contributed by atoms with van der Waals surface area (Å²) in [5, 5.41) is 9.92. The van der Waals surface area contributed by atoms with E-state index in [1.807, 2.05) is 4.98 Å². The molecule has 3 N–H and O–H groups in total. The molecule has 0 spiro atoms. The van der Waals surface area contributed by atoms with E-state index in [4.69, 9.17) is 0 Å². The Kier molecular flexibility index (Phi) is 3.08. The van der Waals surface area contributed by atoms with Crippen molar-refractivity contribution in [1.29, 1.82) is 0 Å². The number of carbonyl (C=O) groups excluding carboxylic acids is 1. The van der Waals surface area contributed by atoms with Gasteiger partial charge in [-0.2, -0.15) is 0 Å². The van der Waals surface area contributed by atoms with Gasteiger partial charge in [0.1, 0.15) is 5.69 Å². The van der Waals surface area contributed by atoms with Crippen LogP contribution in [0.5, 0.6) is 0 Å². The van der Waals surface area contributed by atoms with Crippen LogP contribution in [-0.2, 0) is 0 Å². The molecule has 1 aliphatic rings. The quantitative estimate of drug-likeness (QED) is 0.600. The van der Waals surface area contributed by atoms with Crippen molar-refractivity contribution in [1.82, 2.24) is 14.9 Å². The largest absolute Gasteiger partial charge is 0.388 e. The molecule has 0 bridgehead atoms. The van der Waals surface area contributed by atoms with Crippen molar-refractivity contribution in [3.63, 3.8) is 0 Å². The minimum absolute atomic E-state index is 0.0542. The number of H-pyrrole nitrogens is 2. The summed E-state index contributed by atoms with van der Waals surface area (Å²) >= 11 is 0. The number of aromatic amines is 2. The Hall–Kier alpha value is -1.89. The molecule has 7 nitrogen and oxygen atoms in total. The van der Waals surface area contributed by atoms with Gasteiger partial charge in [0.25, 0.3) is 11.5 Å². The fourth-order valence-electron chi connectivity index (χ4n) is 2.15. The molecule has 18 heavy (non-hydrogen) atoms. The Morgan fingerprint density at radius 3 is 2.78 bits per heavy atom. The summed E-state index contributed by atoms with van der Waals surface area (Å²) in [5.74, 6) is -0.446. The highest BCUT2D eigenvalue weighted by Gasteiger charge is 2.31. The van der Waals surface area contributed by atoms with Crippen molar-refractivity contribution in [2.45, 2.75) is 25.4 Å². The van der Waals surface area contributed by atoms with E-state index in [-0.39, 0.29) is 12.2 Å². The van der Waals surface area contributed by atoms with Gasteiger partial charge in [0, 0.05) is 19.2 Å². The second kappa shape index (κ2) is 4.41. The van der Waals surface area contributed by atoms with Crippen LogP contribution in [0.2, 0.25) is 0 Å². The highest BCUT2D eigenvalue weighted by molar-refractivity contribution is 5.92. The Morgan fingerprint density at radius 1 is 1.44 bits per heavy atom. The lowest BCUT2D eigenvalue weighted by atomic mass is 9.95. The van der Waals surface area contributed by atoms with Gasteiger partial charge in [0.05, 0.1) is 5.60 Å². The molecule has 1 aliphatic heterocycles. The van der Waals surface area contributed by atoms with Crippen molar-refractivity contribution in [2.24, 2.45) is 0 Å². The number of likely N-dealkylation sites (tertiary alicyclic amines) is 1. The summed E-state index contributed by atoms with van der Waals surface area (Å²) in [6, 6.07) is 1.05. The smallest absolute Gasteiger partial charge is 0.326 e. The monoisotopic (exact) mass is 253 g/mol. The third kappa shape index (κ3) is 2.67. The van der Waals surface area contributed by atoms with Gasteiger partial charge in [0.15, 0.2) is 0 Å². The lowest BCUT2D eigenvalue weighted by molar-refractivity contribution is -0.0109. The number of amides is 1. The van der Waals surface area contributed by atoms with Crippen LogP contribution in [0.4, 0.5) is 0 Å². The van der Waals surface area contributed by atoms with Gasteiger partial charge in [-0.3, -0.25) is 14.6 Å². The molecule has 7 heteroatoms. The van der Waals surface area contributed by atoms with E-state index in [2.05, 4.69) is 4.98 Å². The van der Waals surface area contributed by atoms with Crippen LogP contribution in [0.1, 0.15) is 30.3 Å². The Morgan fingerprint density at radius 2 is 2.17 bits per heavy atom. The first-order valence-corrected chi connectivity index (χ1v) is 5.73. The average Bonchev–Trinajstić information content (AvgIpc) is 2.25. The maximum Gasteiger partial charge on any atom is 0.326 e. The summed E-state index contributed by atoms with van der Waals surface area (Å²) in [5.41, 5.74) is -2.31. The minimum atomic E-state index is -0.921. The van der Waals surface area contributed by atoms with Gasteiger partial charge in [-0.15, -0.1) is 0 Å². The highest BCUT2D eigenvalue weighted by atomic mass is 16.3. The molecule has 0 aliphatic carbocycles. The zero-order chi connectivity index (χ0) is 13.3. The second-order valence-corrected chi connectivity index (χ2v) is 4.83. The van der Waals surface area contributed by atoms with Crippen LogP contribution in [0.25, 0.3) is 0 Å². The van der Waals surface area contributed by atoms with Gasteiger partial charge in [-0.1, -0.05) is 0 Å². The molecule has 0 saturated carbocycles.